The highest BCUT2D eigenvalue weighted by atomic mass is 16.6. The number of hydrogen-bond donors (Lipinski definition) is 2. The molecule has 0 saturated carbocycles. The topological polar surface area (TPSA) is 75.4 Å². The summed E-state index contributed by atoms with van der Waals surface area (Å²) in [6.45, 7) is 7.44. The van der Waals surface area contributed by atoms with E-state index in [0.717, 1.165) is 5.56 Å². The van der Waals surface area contributed by atoms with Crippen LogP contribution in [0.3, 0.4) is 0 Å². The molecule has 106 valence electrons. The monoisotopic (exact) mass is 266 g/mol. The fourth-order valence-corrected chi connectivity index (χ4v) is 2.20. The normalized spacial score (nSPS) is 15.8. The molecular formula is C14H22N2O3. The number of benzene rings is 1. The molecule has 0 aliphatic carbocycles. The van der Waals surface area contributed by atoms with Crippen LogP contribution in [-0.4, -0.2) is 22.2 Å². The Balaban J connectivity index is 2.80. The van der Waals surface area contributed by atoms with Gasteiger partial charge < -0.3 is 10.4 Å². The molecule has 5 nitrogen and oxygen atoms in total. The van der Waals surface area contributed by atoms with Crippen molar-refractivity contribution >= 4 is 5.69 Å². The molecule has 0 radical (unpaired) electrons. The summed E-state index contributed by atoms with van der Waals surface area (Å²) in [4.78, 5) is 10.6. The Morgan fingerprint density at radius 1 is 1.37 bits per heavy atom. The van der Waals surface area contributed by atoms with Crippen molar-refractivity contribution < 1.29 is 10.0 Å². The number of rotatable bonds is 6. The van der Waals surface area contributed by atoms with E-state index in [9.17, 15) is 15.2 Å². The molecule has 19 heavy (non-hydrogen) atoms. The van der Waals surface area contributed by atoms with E-state index in [1.807, 2.05) is 19.9 Å². The smallest absolute Gasteiger partial charge is 0.272 e. The molecule has 0 aliphatic heterocycles. The van der Waals surface area contributed by atoms with Crippen LogP contribution in [0.5, 0.6) is 0 Å². The Labute approximate surface area is 113 Å². The summed E-state index contributed by atoms with van der Waals surface area (Å²) < 4.78 is 0. The van der Waals surface area contributed by atoms with Crippen LogP contribution in [-0.2, 0) is 0 Å². The summed E-state index contributed by atoms with van der Waals surface area (Å²) in [6.07, 6.45) is 0.292. The Morgan fingerprint density at radius 2 is 2.00 bits per heavy atom. The van der Waals surface area contributed by atoms with Gasteiger partial charge >= 0.3 is 0 Å². The van der Waals surface area contributed by atoms with Crippen molar-refractivity contribution in [3.63, 3.8) is 0 Å². The van der Waals surface area contributed by atoms with E-state index in [1.165, 1.54) is 0 Å². The number of aliphatic hydroxyl groups excluding tert-OH is 1. The fourth-order valence-electron chi connectivity index (χ4n) is 2.20. The van der Waals surface area contributed by atoms with Crippen LogP contribution in [0.2, 0.25) is 0 Å². The Bertz CT molecular complexity index is 446. The number of hydrogen-bond acceptors (Lipinski definition) is 4. The van der Waals surface area contributed by atoms with E-state index >= 15 is 0 Å². The van der Waals surface area contributed by atoms with Crippen LogP contribution < -0.4 is 5.32 Å². The summed E-state index contributed by atoms with van der Waals surface area (Å²) in [5, 5.41) is 23.6. The van der Waals surface area contributed by atoms with Crippen LogP contribution >= 0.6 is 0 Å². The van der Waals surface area contributed by atoms with Gasteiger partial charge in [-0.2, -0.15) is 0 Å². The summed E-state index contributed by atoms with van der Waals surface area (Å²) in [5.74, 6) is 0. The van der Waals surface area contributed by atoms with E-state index in [-0.39, 0.29) is 28.8 Å². The van der Waals surface area contributed by atoms with Gasteiger partial charge in [-0.3, -0.25) is 10.1 Å². The number of aliphatic hydroxyl groups is 1. The van der Waals surface area contributed by atoms with Crippen LogP contribution in [0.15, 0.2) is 18.2 Å². The zero-order valence-electron chi connectivity index (χ0n) is 11.9. The third kappa shape index (κ3) is 4.61. The first-order chi connectivity index (χ1) is 8.81. The minimum absolute atomic E-state index is 0.00745. The van der Waals surface area contributed by atoms with E-state index in [4.69, 9.17) is 0 Å². The molecule has 0 spiro atoms. The van der Waals surface area contributed by atoms with Gasteiger partial charge in [0.2, 0.25) is 0 Å². The molecule has 0 amide bonds. The third-order valence-electron chi connectivity index (χ3n) is 3.16. The minimum atomic E-state index is -0.359. The highest BCUT2D eigenvalue weighted by Gasteiger charge is 2.16. The number of nitrogens with zero attached hydrogens (tertiary/aromatic N) is 1. The van der Waals surface area contributed by atoms with Crippen molar-refractivity contribution in [2.45, 2.75) is 52.3 Å². The number of nitro benzene ring substituents is 1. The molecule has 5 heteroatoms. The van der Waals surface area contributed by atoms with Gasteiger partial charge in [0.25, 0.3) is 5.69 Å². The van der Waals surface area contributed by atoms with Crippen molar-refractivity contribution in [3.8, 4) is 0 Å². The molecule has 0 saturated heterocycles. The van der Waals surface area contributed by atoms with E-state index < -0.39 is 0 Å². The summed E-state index contributed by atoms with van der Waals surface area (Å²) in [5.41, 5.74) is 1.70. The maximum atomic E-state index is 10.9. The van der Waals surface area contributed by atoms with Crippen LogP contribution in [0, 0.1) is 17.0 Å². The molecule has 0 fully saturated rings. The van der Waals surface area contributed by atoms with Gasteiger partial charge in [-0.1, -0.05) is 12.1 Å². The van der Waals surface area contributed by atoms with Gasteiger partial charge in [-0.05, 0) is 39.7 Å². The van der Waals surface area contributed by atoms with Gasteiger partial charge in [-0.25, -0.2) is 0 Å². The van der Waals surface area contributed by atoms with E-state index in [1.54, 1.807) is 26.0 Å². The van der Waals surface area contributed by atoms with Crippen molar-refractivity contribution in [2.24, 2.45) is 0 Å². The Morgan fingerprint density at radius 3 is 2.53 bits per heavy atom. The highest BCUT2D eigenvalue weighted by molar-refractivity contribution is 5.43. The van der Waals surface area contributed by atoms with Crippen LogP contribution in [0.1, 0.15) is 44.4 Å². The lowest BCUT2D eigenvalue weighted by atomic mass is 10.0. The second kappa shape index (κ2) is 6.63. The lowest BCUT2D eigenvalue weighted by Crippen LogP contribution is -2.31. The molecular weight excluding hydrogens is 244 g/mol. The van der Waals surface area contributed by atoms with Gasteiger partial charge in [-0.15, -0.1) is 0 Å². The predicted octanol–water partition coefficient (Wildman–Crippen LogP) is 2.71. The second-order valence-electron chi connectivity index (χ2n) is 5.18. The van der Waals surface area contributed by atoms with Gasteiger partial charge in [0.05, 0.1) is 11.0 Å². The highest BCUT2D eigenvalue weighted by Crippen LogP contribution is 2.23. The van der Waals surface area contributed by atoms with Crippen LogP contribution in [0.25, 0.3) is 0 Å². The maximum Gasteiger partial charge on any atom is 0.272 e. The lowest BCUT2D eigenvalue weighted by molar-refractivity contribution is -0.385. The Kier molecular flexibility index (Phi) is 5.44. The summed E-state index contributed by atoms with van der Waals surface area (Å²) >= 11 is 0. The average Bonchev–Trinajstić information content (AvgIpc) is 2.27. The van der Waals surface area contributed by atoms with Gasteiger partial charge in [0.1, 0.15) is 0 Å². The first kappa shape index (κ1) is 15.6. The third-order valence-corrected chi connectivity index (χ3v) is 3.16. The molecule has 1 aromatic carbocycles. The van der Waals surface area contributed by atoms with Crippen molar-refractivity contribution in [2.75, 3.05) is 0 Å². The van der Waals surface area contributed by atoms with Gasteiger partial charge in [0, 0.05) is 23.7 Å². The quantitative estimate of drug-likeness (QED) is 0.613. The average molecular weight is 266 g/mol. The first-order valence-electron chi connectivity index (χ1n) is 6.50. The second-order valence-corrected chi connectivity index (χ2v) is 5.18. The maximum absolute atomic E-state index is 10.9. The summed E-state index contributed by atoms with van der Waals surface area (Å²) in [6, 6.07) is 5.44. The SMILES string of the molecule is Cc1ccc(C(C)NC(C)CC(C)O)cc1[N+](=O)[O-]. The number of nitrogens with one attached hydrogen (secondary N) is 1. The molecule has 0 bridgehead atoms. The van der Waals surface area contributed by atoms with Gasteiger partial charge in [0.15, 0.2) is 0 Å². The molecule has 3 unspecified atom stereocenters. The molecule has 0 aromatic heterocycles. The van der Waals surface area contributed by atoms with E-state index in [0.29, 0.717) is 12.0 Å². The molecule has 1 aromatic rings. The van der Waals surface area contributed by atoms with Crippen molar-refractivity contribution in [1.29, 1.82) is 0 Å². The van der Waals surface area contributed by atoms with E-state index in [2.05, 4.69) is 5.32 Å². The fraction of sp³-hybridized carbons (Fsp3) is 0.571. The molecule has 3 atom stereocenters. The Hall–Kier alpha value is -1.46. The van der Waals surface area contributed by atoms with Crippen LogP contribution in [0.4, 0.5) is 5.69 Å². The lowest BCUT2D eigenvalue weighted by Gasteiger charge is -2.21. The molecule has 1 rings (SSSR count). The molecule has 0 aliphatic rings. The number of nitro groups is 1. The zero-order chi connectivity index (χ0) is 14.6. The van der Waals surface area contributed by atoms with Crippen molar-refractivity contribution in [3.05, 3.63) is 39.4 Å². The summed E-state index contributed by atoms with van der Waals surface area (Å²) in [7, 11) is 0. The van der Waals surface area contributed by atoms with Crippen molar-refractivity contribution in [1.82, 2.24) is 5.32 Å². The number of aryl methyl sites for hydroxylation is 1. The first-order valence-corrected chi connectivity index (χ1v) is 6.50. The minimum Gasteiger partial charge on any atom is -0.393 e. The molecule has 2 N–H and O–H groups in total. The molecule has 0 heterocycles. The predicted molar refractivity (Wildman–Crippen MR) is 75.1 cm³/mol. The largest absolute Gasteiger partial charge is 0.393 e. The zero-order valence-corrected chi connectivity index (χ0v) is 11.9. The standard InChI is InChI=1S/C14H22N2O3/c1-9-5-6-13(8-14(9)16(18)19)12(4)15-10(2)7-11(3)17/h5-6,8,10-12,15,17H,7H2,1-4H3.